The van der Waals surface area contributed by atoms with E-state index in [4.69, 9.17) is 5.26 Å². The van der Waals surface area contributed by atoms with Gasteiger partial charge in [0.2, 0.25) is 0 Å². The van der Waals surface area contributed by atoms with Gasteiger partial charge in [-0.25, -0.2) is 0 Å². The van der Waals surface area contributed by atoms with Gasteiger partial charge >= 0.3 is 0 Å². The quantitative estimate of drug-likeness (QED) is 0.635. The predicted molar refractivity (Wildman–Crippen MR) is 64.9 cm³/mol. The second-order valence-electron chi connectivity index (χ2n) is 3.72. The van der Waals surface area contributed by atoms with E-state index < -0.39 is 10.8 Å². The van der Waals surface area contributed by atoms with Crippen LogP contribution in [0, 0.1) is 21.4 Å². The Balaban J connectivity index is 2.91. The summed E-state index contributed by atoms with van der Waals surface area (Å²) in [5.41, 5.74) is -0.222. The summed E-state index contributed by atoms with van der Waals surface area (Å²) < 4.78 is 0. The normalized spacial score (nSPS) is 11.3. The van der Waals surface area contributed by atoms with Crippen LogP contribution in [-0.2, 0) is 0 Å². The molecule has 0 saturated heterocycles. The van der Waals surface area contributed by atoms with Crippen LogP contribution in [0.1, 0.15) is 30.1 Å². The van der Waals surface area contributed by atoms with Gasteiger partial charge in [-0.15, -0.1) is 0 Å². The highest BCUT2D eigenvalue weighted by Gasteiger charge is 2.20. The molecule has 1 aromatic carbocycles. The average molecular weight is 247 g/mol. The van der Waals surface area contributed by atoms with E-state index in [2.05, 4.69) is 5.32 Å². The number of nitro groups is 1. The Kier molecular flexibility index (Phi) is 4.81. The first-order valence-corrected chi connectivity index (χ1v) is 5.51. The van der Waals surface area contributed by atoms with Gasteiger partial charge in [-0.1, -0.05) is 19.1 Å². The zero-order chi connectivity index (χ0) is 13.5. The summed E-state index contributed by atoms with van der Waals surface area (Å²) in [5.74, 6) is -0.524. The van der Waals surface area contributed by atoms with Gasteiger partial charge in [0.25, 0.3) is 11.6 Å². The highest BCUT2D eigenvalue weighted by atomic mass is 16.6. The van der Waals surface area contributed by atoms with Gasteiger partial charge in [-0.3, -0.25) is 14.9 Å². The number of amides is 1. The first-order valence-electron chi connectivity index (χ1n) is 5.51. The number of nitrogens with one attached hydrogen (secondary N) is 1. The van der Waals surface area contributed by atoms with Crippen molar-refractivity contribution in [3.8, 4) is 6.07 Å². The monoisotopic (exact) mass is 247 g/mol. The molecular formula is C12H13N3O3. The molecule has 6 heteroatoms. The Morgan fingerprint density at radius 2 is 2.22 bits per heavy atom. The number of benzene rings is 1. The molecule has 0 aliphatic rings. The van der Waals surface area contributed by atoms with E-state index in [1.54, 1.807) is 6.07 Å². The van der Waals surface area contributed by atoms with Crippen molar-refractivity contribution in [2.75, 3.05) is 0 Å². The largest absolute Gasteiger partial charge is 0.348 e. The molecule has 1 N–H and O–H groups in total. The molecule has 0 heterocycles. The maximum Gasteiger partial charge on any atom is 0.282 e. The molecule has 0 radical (unpaired) electrons. The van der Waals surface area contributed by atoms with Gasteiger partial charge in [0.15, 0.2) is 0 Å². The highest BCUT2D eigenvalue weighted by Crippen LogP contribution is 2.17. The lowest BCUT2D eigenvalue weighted by molar-refractivity contribution is -0.385. The van der Waals surface area contributed by atoms with Crippen LogP contribution in [-0.4, -0.2) is 16.9 Å². The molecule has 0 saturated carbocycles. The summed E-state index contributed by atoms with van der Waals surface area (Å²) in [7, 11) is 0. The maximum absolute atomic E-state index is 11.9. The van der Waals surface area contributed by atoms with E-state index in [1.807, 2.05) is 13.0 Å². The Hall–Kier alpha value is -2.42. The number of hydrogen-bond acceptors (Lipinski definition) is 4. The zero-order valence-electron chi connectivity index (χ0n) is 9.92. The molecule has 18 heavy (non-hydrogen) atoms. The molecule has 0 bridgehead atoms. The van der Waals surface area contributed by atoms with Crippen LogP contribution in [0.15, 0.2) is 24.3 Å². The van der Waals surface area contributed by atoms with E-state index >= 15 is 0 Å². The molecule has 0 aliphatic carbocycles. The fraction of sp³-hybridized carbons (Fsp3) is 0.333. The van der Waals surface area contributed by atoms with E-state index in [1.165, 1.54) is 18.2 Å². The average Bonchev–Trinajstić information content (AvgIpc) is 2.38. The minimum Gasteiger partial charge on any atom is -0.348 e. The fourth-order valence-corrected chi connectivity index (χ4v) is 1.50. The lowest BCUT2D eigenvalue weighted by Gasteiger charge is -2.13. The van der Waals surface area contributed by atoms with Crippen molar-refractivity contribution in [1.82, 2.24) is 5.32 Å². The number of nitriles is 1. The van der Waals surface area contributed by atoms with Gasteiger partial charge in [0, 0.05) is 12.1 Å². The van der Waals surface area contributed by atoms with Crippen LogP contribution in [0.25, 0.3) is 0 Å². The molecule has 0 fully saturated rings. The van der Waals surface area contributed by atoms with Crippen molar-refractivity contribution in [2.45, 2.75) is 25.8 Å². The molecule has 1 atom stereocenters. The number of hydrogen-bond donors (Lipinski definition) is 1. The first kappa shape index (κ1) is 13.6. The highest BCUT2D eigenvalue weighted by molar-refractivity contribution is 5.98. The number of carbonyl (C=O) groups is 1. The summed E-state index contributed by atoms with van der Waals surface area (Å²) in [5, 5.41) is 22.0. The van der Waals surface area contributed by atoms with Crippen molar-refractivity contribution in [3.05, 3.63) is 39.9 Å². The minimum absolute atomic E-state index is 0.0129. The van der Waals surface area contributed by atoms with Crippen LogP contribution in [0.4, 0.5) is 5.69 Å². The van der Waals surface area contributed by atoms with E-state index in [9.17, 15) is 14.9 Å². The molecule has 1 unspecified atom stereocenters. The van der Waals surface area contributed by atoms with Crippen molar-refractivity contribution in [1.29, 1.82) is 5.26 Å². The predicted octanol–water partition coefficient (Wildman–Crippen LogP) is 2.02. The van der Waals surface area contributed by atoms with Crippen LogP contribution in [0.3, 0.4) is 0 Å². The van der Waals surface area contributed by atoms with Crippen molar-refractivity contribution in [2.24, 2.45) is 0 Å². The molecule has 0 spiro atoms. The molecule has 1 aromatic rings. The third kappa shape index (κ3) is 3.28. The molecule has 1 amide bonds. The van der Waals surface area contributed by atoms with Gasteiger partial charge in [0.05, 0.1) is 17.4 Å². The van der Waals surface area contributed by atoms with Crippen molar-refractivity contribution < 1.29 is 9.72 Å². The number of nitro benzene ring substituents is 1. The molecule has 1 rings (SSSR count). The Morgan fingerprint density at radius 3 is 2.78 bits per heavy atom. The number of rotatable bonds is 5. The Morgan fingerprint density at radius 1 is 1.56 bits per heavy atom. The lowest BCUT2D eigenvalue weighted by Crippen LogP contribution is -2.34. The molecule has 94 valence electrons. The maximum atomic E-state index is 11.9. The molecule has 0 aromatic heterocycles. The smallest absolute Gasteiger partial charge is 0.282 e. The van der Waals surface area contributed by atoms with E-state index in [0.717, 1.165) is 0 Å². The summed E-state index contributed by atoms with van der Waals surface area (Å²) in [4.78, 5) is 22.1. The van der Waals surface area contributed by atoms with Gasteiger partial charge < -0.3 is 5.32 Å². The summed E-state index contributed by atoms with van der Waals surface area (Å²) in [6.07, 6.45) is 0.781. The number of nitrogens with zero attached hydrogens (tertiary/aromatic N) is 2. The van der Waals surface area contributed by atoms with Crippen LogP contribution < -0.4 is 5.32 Å². The Labute approximate surface area is 104 Å². The lowest BCUT2D eigenvalue weighted by atomic mass is 10.1. The first-order chi connectivity index (χ1) is 8.60. The third-order valence-electron chi connectivity index (χ3n) is 2.51. The minimum atomic E-state index is -0.597. The summed E-state index contributed by atoms with van der Waals surface area (Å²) in [6.45, 7) is 1.84. The van der Waals surface area contributed by atoms with E-state index in [-0.39, 0.29) is 23.7 Å². The molecular weight excluding hydrogens is 234 g/mol. The van der Waals surface area contributed by atoms with Crippen molar-refractivity contribution in [3.63, 3.8) is 0 Å². The van der Waals surface area contributed by atoms with Crippen molar-refractivity contribution >= 4 is 11.6 Å². The Bertz CT molecular complexity index is 494. The molecule has 6 nitrogen and oxygen atoms in total. The topological polar surface area (TPSA) is 96.0 Å². The van der Waals surface area contributed by atoms with E-state index in [0.29, 0.717) is 6.42 Å². The zero-order valence-corrected chi connectivity index (χ0v) is 9.92. The standard InChI is InChI=1S/C12H13N3O3/c1-2-9(7-8-13)14-12(16)10-5-3-4-6-11(10)15(17)18/h3-6,9H,2,7H2,1H3,(H,14,16). The summed E-state index contributed by atoms with van der Waals surface area (Å²) in [6, 6.07) is 7.41. The number of para-hydroxylation sites is 1. The van der Waals surface area contributed by atoms with Gasteiger partial charge in [-0.05, 0) is 12.5 Å². The van der Waals surface area contributed by atoms with Gasteiger partial charge in [0.1, 0.15) is 5.56 Å². The SMILES string of the molecule is CCC(CC#N)NC(=O)c1ccccc1[N+](=O)[O-]. The molecule has 0 aliphatic heterocycles. The number of carbonyl (C=O) groups excluding carboxylic acids is 1. The summed E-state index contributed by atoms with van der Waals surface area (Å²) >= 11 is 0. The fourth-order valence-electron chi connectivity index (χ4n) is 1.50. The van der Waals surface area contributed by atoms with Gasteiger partial charge in [-0.2, -0.15) is 5.26 Å². The third-order valence-corrected chi connectivity index (χ3v) is 2.51. The van der Waals surface area contributed by atoms with Crippen LogP contribution in [0.2, 0.25) is 0 Å². The van der Waals surface area contributed by atoms with Crippen LogP contribution >= 0.6 is 0 Å². The van der Waals surface area contributed by atoms with Crippen LogP contribution in [0.5, 0.6) is 0 Å². The second-order valence-corrected chi connectivity index (χ2v) is 3.72. The second kappa shape index (κ2) is 6.35.